The van der Waals surface area contributed by atoms with Crippen molar-refractivity contribution in [3.63, 3.8) is 0 Å². The van der Waals surface area contributed by atoms with Crippen molar-refractivity contribution in [1.82, 2.24) is 4.98 Å². The molecule has 0 unspecified atom stereocenters. The number of aromatic nitrogens is 1. The lowest BCUT2D eigenvalue weighted by atomic mass is 10.1. The van der Waals surface area contributed by atoms with Gasteiger partial charge in [-0.2, -0.15) is 0 Å². The second-order valence-electron chi connectivity index (χ2n) is 7.60. The van der Waals surface area contributed by atoms with Crippen LogP contribution in [0.25, 0.3) is 11.3 Å². The van der Waals surface area contributed by atoms with E-state index in [9.17, 15) is 4.79 Å². The number of nitrogens with one attached hydrogen (secondary N) is 3. The molecule has 1 amide bonds. The summed E-state index contributed by atoms with van der Waals surface area (Å²) in [6, 6.07) is 25.8. The molecule has 0 atom stereocenters. The number of anilines is 3. The van der Waals surface area contributed by atoms with E-state index >= 15 is 0 Å². The highest BCUT2D eigenvalue weighted by atomic mass is 32.2. The molecular formula is C26H24N4OS3. The number of thiocarbonyl (C=S) groups is 1. The topological polar surface area (TPSA) is 66.0 Å². The minimum Gasteiger partial charge on any atom is -0.332 e. The van der Waals surface area contributed by atoms with Crippen molar-refractivity contribution in [2.45, 2.75) is 18.7 Å². The van der Waals surface area contributed by atoms with Crippen molar-refractivity contribution in [2.24, 2.45) is 0 Å². The zero-order chi connectivity index (χ0) is 23.9. The Hall–Kier alpha value is -3.20. The Labute approximate surface area is 213 Å². The molecule has 172 valence electrons. The van der Waals surface area contributed by atoms with Crippen molar-refractivity contribution in [3.8, 4) is 11.3 Å². The summed E-state index contributed by atoms with van der Waals surface area (Å²) in [6.07, 6.45) is 0. The van der Waals surface area contributed by atoms with Crippen LogP contribution in [-0.2, 0) is 4.79 Å². The van der Waals surface area contributed by atoms with E-state index in [-0.39, 0.29) is 11.7 Å². The first-order valence-corrected chi connectivity index (χ1v) is 12.9. The molecule has 34 heavy (non-hydrogen) atoms. The normalized spacial score (nSPS) is 10.5. The molecule has 3 aromatic carbocycles. The first-order valence-electron chi connectivity index (χ1n) is 10.7. The average Bonchev–Trinajstić information content (AvgIpc) is 3.18. The molecule has 0 aliphatic heterocycles. The summed E-state index contributed by atoms with van der Waals surface area (Å²) in [5.74, 6) is 0.197. The molecule has 8 heteroatoms. The lowest BCUT2D eigenvalue weighted by molar-refractivity contribution is -0.113. The summed E-state index contributed by atoms with van der Waals surface area (Å²) in [5, 5.41) is 10.4. The fourth-order valence-corrected chi connectivity index (χ4v) is 5.05. The predicted molar refractivity (Wildman–Crippen MR) is 149 cm³/mol. The van der Waals surface area contributed by atoms with Crippen LogP contribution in [0.15, 0.2) is 83.8 Å². The predicted octanol–water partition coefficient (Wildman–Crippen LogP) is 6.97. The number of hydrogen-bond acceptors (Lipinski definition) is 5. The molecule has 4 aromatic rings. The number of benzene rings is 3. The molecule has 5 nitrogen and oxygen atoms in total. The maximum atomic E-state index is 12.5. The molecule has 0 aliphatic rings. The van der Waals surface area contributed by atoms with Gasteiger partial charge in [0.2, 0.25) is 5.91 Å². The highest BCUT2D eigenvalue weighted by Crippen LogP contribution is 2.31. The lowest BCUT2D eigenvalue weighted by Crippen LogP contribution is -2.19. The summed E-state index contributed by atoms with van der Waals surface area (Å²) in [6.45, 7) is 4.08. The van der Waals surface area contributed by atoms with Crippen LogP contribution in [0.1, 0.15) is 10.4 Å². The average molecular weight is 505 g/mol. The Morgan fingerprint density at radius 1 is 0.912 bits per heavy atom. The zero-order valence-electron chi connectivity index (χ0n) is 18.8. The maximum absolute atomic E-state index is 12.5. The molecule has 0 aliphatic carbocycles. The number of hydrogen-bond donors (Lipinski definition) is 3. The SMILES string of the molecule is Cc1ccc(-c2nc(NC(=O)CSc3cccc(NC(=S)Nc4ccccc4)c3)sc2C)cc1. The number of aryl methyl sites for hydroxylation is 2. The fourth-order valence-electron chi connectivity index (χ4n) is 3.21. The third kappa shape index (κ3) is 6.66. The number of carbonyl (C=O) groups excluding carboxylic acids is 1. The number of rotatable bonds is 7. The van der Waals surface area contributed by atoms with E-state index < -0.39 is 0 Å². The standard InChI is InChI=1S/C26H24N4OS3/c1-17-11-13-19(14-12-17)24-18(2)34-26(30-24)29-23(31)16-33-22-10-6-9-21(15-22)28-25(32)27-20-7-4-3-5-8-20/h3-15H,16H2,1-2H3,(H2,27,28,32)(H,29,30,31). The Morgan fingerprint density at radius 3 is 2.38 bits per heavy atom. The van der Waals surface area contributed by atoms with Crippen LogP contribution in [0.4, 0.5) is 16.5 Å². The van der Waals surface area contributed by atoms with Gasteiger partial charge in [0.15, 0.2) is 10.2 Å². The third-order valence-electron chi connectivity index (χ3n) is 4.86. The Morgan fingerprint density at radius 2 is 1.62 bits per heavy atom. The minimum absolute atomic E-state index is 0.0890. The third-order valence-corrected chi connectivity index (χ3v) is 6.95. The number of para-hydroxylation sites is 1. The molecule has 1 heterocycles. The van der Waals surface area contributed by atoms with Crippen LogP contribution >= 0.6 is 35.3 Å². The highest BCUT2D eigenvalue weighted by molar-refractivity contribution is 8.00. The molecular weight excluding hydrogens is 481 g/mol. The van der Waals surface area contributed by atoms with Gasteiger partial charge in [-0.3, -0.25) is 4.79 Å². The van der Waals surface area contributed by atoms with Gasteiger partial charge in [0.1, 0.15) is 0 Å². The van der Waals surface area contributed by atoms with Gasteiger partial charge < -0.3 is 16.0 Å². The Kier molecular flexibility index (Phi) is 7.95. The van der Waals surface area contributed by atoms with E-state index in [1.54, 1.807) is 0 Å². The summed E-state index contributed by atoms with van der Waals surface area (Å²) >= 11 is 8.35. The van der Waals surface area contributed by atoms with E-state index in [1.807, 2.05) is 61.5 Å². The summed E-state index contributed by atoms with van der Waals surface area (Å²) in [7, 11) is 0. The van der Waals surface area contributed by atoms with Gasteiger partial charge >= 0.3 is 0 Å². The van der Waals surface area contributed by atoms with Crippen LogP contribution < -0.4 is 16.0 Å². The van der Waals surface area contributed by atoms with E-state index in [0.29, 0.717) is 10.2 Å². The monoisotopic (exact) mass is 504 g/mol. The van der Waals surface area contributed by atoms with E-state index in [4.69, 9.17) is 12.2 Å². The van der Waals surface area contributed by atoms with Gasteiger partial charge in [-0.25, -0.2) is 4.98 Å². The van der Waals surface area contributed by atoms with Crippen LogP contribution in [-0.4, -0.2) is 21.8 Å². The van der Waals surface area contributed by atoms with E-state index in [0.717, 1.165) is 32.4 Å². The number of amides is 1. The Balaban J connectivity index is 1.31. The van der Waals surface area contributed by atoms with Gasteiger partial charge in [-0.05, 0) is 56.4 Å². The van der Waals surface area contributed by atoms with Gasteiger partial charge in [-0.15, -0.1) is 23.1 Å². The van der Waals surface area contributed by atoms with Crippen molar-refractivity contribution in [3.05, 3.63) is 89.3 Å². The molecule has 0 fully saturated rings. The van der Waals surface area contributed by atoms with Crippen LogP contribution in [0.2, 0.25) is 0 Å². The largest absolute Gasteiger partial charge is 0.332 e. The second-order valence-corrected chi connectivity index (χ2v) is 10.3. The second kappa shape index (κ2) is 11.3. The first-order chi connectivity index (χ1) is 16.5. The fraction of sp³-hybridized carbons (Fsp3) is 0.115. The Bertz CT molecular complexity index is 1290. The van der Waals surface area contributed by atoms with Crippen molar-refractivity contribution >= 4 is 62.8 Å². The van der Waals surface area contributed by atoms with Gasteiger partial charge in [0.25, 0.3) is 0 Å². The number of carbonyl (C=O) groups is 1. The smallest absolute Gasteiger partial charge is 0.236 e. The van der Waals surface area contributed by atoms with E-state index in [2.05, 4.69) is 52.1 Å². The maximum Gasteiger partial charge on any atom is 0.236 e. The molecule has 0 saturated heterocycles. The lowest BCUT2D eigenvalue weighted by Gasteiger charge is -2.11. The quantitative estimate of drug-likeness (QED) is 0.187. The summed E-state index contributed by atoms with van der Waals surface area (Å²) < 4.78 is 0. The molecule has 0 spiro atoms. The van der Waals surface area contributed by atoms with Crippen molar-refractivity contribution in [1.29, 1.82) is 0 Å². The highest BCUT2D eigenvalue weighted by Gasteiger charge is 2.12. The number of thioether (sulfide) groups is 1. The molecule has 0 radical (unpaired) electrons. The van der Waals surface area contributed by atoms with Crippen molar-refractivity contribution < 1.29 is 4.79 Å². The van der Waals surface area contributed by atoms with Crippen LogP contribution in [0, 0.1) is 13.8 Å². The first kappa shape index (κ1) is 23.9. The van der Waals surface area contributed by atoms with Gasteiger partial charge in [-0.1, -0.05) is 54.1 Å². The van der Waals surface area contributed by atoms with E-state index in [1.165, 1.54) is 28.7 Å². The molecule has 0 saturated carbocycles. The van der Waals surface area contributed by atoms with Crippen LogP contribution in [0.5, 0.6) is 0 Å². The molecule has 3 N–H and O–H groups in total. The summed E-state index contributed by atoms with van der Waals surface area (Å²) in [5.41, 5.74) is 4.95. The van der Waals surface area contributed by atoms with Gasteiger partial charge in [0.05, 0.1) is 11.4 Å². The number of nitrogens with zero attached hydrogens (tertiary/aromatic N) is 1. The minimum atomic E-state index is -0.0890. The van der Waals surface area contributed by atoms with Gasteiger partial charge in [0, 0.05) is 26.7 Å². The van der Waals surface area contributed by atoms with Crippen LogP contribution in [0.3, 0.4) is 0 Å². The number of thiazole rings is 1. The molecule has 4 rings (SSSR count). The zero-order valence-corrected chi connectivity index (χ0v) is 21.2. The molecule has 0 bridgehead atoms. The molecule has 1 aromatic heterocycles. The van der Waals surface area contributed by atoms with Crippen molar-refractivity contribution in [2.75, 3.05) is 21.7 Å². The summed E-state index contributed by atoms with van der Waals surface area (Å²) in [4.78, 5) is 19.2.